The summed E-state index contributed by atoms with van der Waals surface area (Å²) < 4.78 is 0. The van der Waals surface area contributed by atoms with Crippen molar-refractivity contribution in [3.63, 3.8) is 0 Å². The quantitative estimate of drug-likeness (QED) is 0.122. The van der Waals surface area contributed by atoms with Gasteiger partial charge in [0.2, 0.25) is 0 Å². The largest absolute Gasteiger partial charge is 0.479 e. The second-order valence-corrected chi connectivity index (χ2v) is 9.76. The maximum Gasteiger partial charge on any atom is 0.335 e. The van der Waals surface area contributed by atoms with Gasteiger partial charge in [-0.1, -0.05) is 129 Å². The van der Waals surface area contributed by atoms with Crippen molar-refractivity contribution in [3.8, 4) is 11.8 Å². The van der Waals surface area contributed by atoms with Crippen molar-refractivity contribution < 1.29 is 24.9 Å². The van der Waals surface area contributed by atoms with Crippen LogP contribution in [0.3, 0.4) is 0 Å². The molecule has 0 aliphatic rings. The van der Waals surface area contributed by atoms with Crippen LogP contribution in [0.2, 0.25) is 0 Å². The minimum atomic E-state index is -1.16. The molecule has 0 heterocycles. The van der Waals surface area contributed by atoms with E-state index < -0.39 is 18.0 Å². The molecule has 1 unspecified atom stereocenters. The van der Waals surface area contributed by atoms with Gasteiger partial charge in [-0.05, 0) is 31.4 Å². The van der Waals surface area contributed by atoms with Gasteiger partial charge < -0.3 is 15.3 Å². The summed E-state index contributed by atoms with van der Waals surface area (Å²) in [6, 6.07) is 8.30. The van der Waals surface area contributed by atoms with Crippen molar-refractivity contribution in [2.24, 2.45) is 0 Å². The van der Waals surface area contributed by atoms with Crippen LogP contribution < -0.4 is 0 Å². The molecule has 0 aromatic heterocycles. The summed E-state index contributed by atoms with van der Waals surface area (Å²) in [4.78, 5) is 20.6. The third kappa shape index (κ3) is 29.9. The Labute approximate surface area is 233 Å². The van der Waals surface area contributed by atoms with E-state index in [-0.39, 0.29) is 0 Å². The van der Waals surface area contributed by atoms with E-state index in [4.69, 9.17) is 15.3 Å². The Bertz CT molecular complexity index is 695. The smallest absolute Gasteiger partial charge is 0.335 e. The predicted molar refractivity (Wildman–Crippen MR) is 160 cm³/mol. The number of unbranched alkanes of at least 4 members (excludes halogenated alkanes) is 15. The minimum Gasteiger partial charge on any atom is -0.479 e. The number of benzene rings is 1. The van der Waals surface area contributed by atoms with E-state index in [2.05, 4.69) is 32.6 Å². The monoisotopic (exact) mass is 532 g/mol. The van der Waals surface area contributed by atoms with Gasteiger partial charge in [0.15, 0.2) is 6.10 Å². The second kappa shape index (κ2) is 30.9. The van der Waals surface area contributed by atoms with Crippen LogP contribution in [0, 0.1) is 11.8 Å². The molecular formula is C33H56O5. The topological polar surface area (TPSA) is 94.8 Å². The second-order valence-electron chi connectivity index (χ2n) is 9.76. The first kappa shape index (κ1) is 37.8. The highest BCUT2D eigenvalue weighted by atomic mass is 16.4. The number of aliphatic hydroxyl groups is 1. The Morgan fingerprint density at radius 2 is 1.03 bits per heavy atom. The van der Waals surface area contributed by atoms with Crippen molar-refractivity contribution in [1.29, 1.82) is 0 Å². The Morgan fingerprint density at radius 1 is 0.632 bits per heavy atom. The molecule has 0 fully saturated rings. The zero-order valence-corrected chi connectivity index (χ0v) is 24.6. The van der Waals surface area contributed by atoms with Gasteiger partial charge in [-0.15, -0.1) is 11.8 Å². The molecule has 1 aromatic carbocycles. The minimum absolute atomic E-state index is 0.331. The van der Waals surface area contributed by atoms with E-state index in [0.717, 1.165) is 25.7 Å². The lowest BCUT2D eigenvalue weighted by atomic mass is 10.0. The summed E-state index contributed by atoms with van der Waals surface area (Å²) in [6.45, 7) is 6.57. The fourth-order valence-electron chi connectivity index (χ4n) is 3.66. The molecule has 3 N–H and O–H groups in total. The molecular weight excluding hydrogens is 476 g/mol. The molecule has 0 radical (unpaired) electrons. The van der Waals surface area contributed by atoms with E-state index in [0.29, 0.717) is 12.0 Å². The zero-order chi connectivity index (χ0) is 28.7. The number of aliphatic carboxylic acids is 1. The number of hydrogen-bond acceptors (Lipinski definition) is 3. The summed E-state index contributed by atoms with van der Waals surface area (Å²) in [5, 5.41) is 26.0. The molecule has 0 saturated heterocycles. The molecule has 0 aliphatic heterocycles. The first-order valence-corrected chi connectivity index (χ1v) is 15.0. The first-order chi connectivity index (χ1) is 18.4. The molecule has 0 aliphatic carbocycles. The van der Waals surface area contributed by atoms with Crippen LogP contribution in [0.4, 0.5) is 0 Å². The number of rotatable bonds is 19. The number of aromatic carboxylic acids is 1. The van der Waals surface area contributed by atoms with Gasteiger partial charge in [0, 0.05) is 12.8 Å². The van der Waals surface area contributed by atoms with Crippen molar-refractivity contribution in [2.75, 3.05) is 0 Å². The van der Waals surface area contributed by atoms with Crippen LogP contribution in [0.1, 0.15) is 153 Å². The Hall–Kier alpha value is -2.32. The van der Waals surface area contributed by atoms with E-state index in [1.807, 2.05) is 0 Å². The number of carbonyl (C=O) groups is 2. The van der Waals surface area contributed by atoms with Crippen molar-refractivity contribution >= 4 is 11.9 Å². The van der Waals surface area contributed by atoms with E-state index in [1.165, 1.54) is 89.9 Å². The van der Waals surface area contributed by atoms with Crippen LogP contribution in [-0.2, 0) is 4.79 Å². The first-order valence-electron chi connectivity index (χ1n) is 15.0. The fourth-order valence-corrected chi connectivity index (χ4v) is 3.66. The maximum absolute atomic E-state index is 10.4. The normalized spacial score (nSPS) is 10.6. The van der Waals surface area contributed by atoms with Crippen LogP contribution >= 0.6 is 0 Å². The third-order valence-corrected chi connectivity index (χ3v) is 6.01. The highest BCUT2D eigenvalue weighted by Crippen LogP contribution is 2.13. The summed E-state index contributed by atoms with van der Waals surface area (Å²) in [6.07, 6.45) is 21.8. The molecule has 0 amide bonds. The van der Waals surface area contributed by atoms with Crippen LogP contribution in [0.25, 0.3) is 0 Å². The average molecular weight is 533 g/mol. The predicted octanol–water partition coefficient (Wildman–Crippen LogP) is 9.28. The Kier molecular flexibility index (Phi) is 30.8. The molecule has 5 nitrogen and oxygen atoms in total. The van der Waals surface area contributed by atoms with Crippen LogP contribution in [-0.4, -0.2) is 33.4 Å². The fraction of sp³-hybridized carbons (Fsp3) is 0.697. The standard InChI is InChI=1S/C18H36O3.C8H14.C7H6O2/c1-2-3-4-5-6-7-8-9-10-11-12-13-14-15-16-17(19)18(20)21;1-3-5-7-8-6-4-2;8-7(9)6-4-2-1-3-5-6/h17,19H,2-16H2,1H3,(H,20,21);3-6H2,1-2H3;1-5H,(H,8,9). The Morgan fingerprint density at radius 3 is 1.34 bits per heavy atom. The summed E-state index contributed by atoms with van der Waals surface area (Å²) in [7, 11) is 0. The van der Waals surface area contributed by atoms with Crippen LogP contribution in [0.15, 0.2) is 30.3 Å². The van der Waals surface area contributed by atoms with Gasteiger partial charge in [-0.25, -0.2) is 9.59 Å². The Balaban J connectivity index is 0. The summed E-state index contributed by atoms with van der Waals surface area (Å²) in [5.74, 6) is 4.20. The number of carboxylic acid groups (broad SMARTS) is 2. The van der Waals surface area contributed by atoms with Gasteiger partial charge in [0.25, 0.3) is 0 Å². The van der Waals surface area contributed by atoms with Gasteiger partial charge in [-0.2, -0.15) is 0 Å². The average Bonchev–Trinajstić information content (AvgIpc) is 2.92. The maximum atomic E-state index is 10.4. The highest BCUT2D eigenvalue weighted by molar-refractivity contribution is 5.87. The molecule has 218 valence electrons. The molecule has 38 heavy (non-hydrogen) atoms. The summed E-state index contributed by atoms with van der Waals surface area (Å²) in [5.41, 5.74) is 0.331. The SMILES string of the molecule is CCCC#CCCC.CCCCCCCCCCCCCCCCC(O)C(=O)O.O=C(O)c1ccccc1. The van der Waals surface area contributed by atoms with E-state index in [1.54, 1.807) is 30.3 Å². The number of carboxylic acids is 2. The van der Waals surface area contributed by atoms with E-state index in [9.17, 15) is 9.59 Å². The molecule has 1 aromatic rings. The zero-order valence-electron chi connectivity index (χ0n) is 24.6. The molecule has 5 heteroatoms. The van der Waals surface area contributed by atoms with Gasteiger partial charge >= 0.3 is 11.9 Å². The lowest BCUT2D eigenvalue weighted by molar-refractivity contribution is -0.146. The van der Waals surface area contributed by atoms with Gasteiger partial charge in [0.1, 0.15) is 0 Å². The van der Waals surface area contributed by atoms with Crippen molar-refractivity contribution in [1.82, 2.24) is 0 Å². The van der Waals surface area contributed by atoms with Gasteiger partial charge in [0.05, 0.1) is 5.56 Å². The van der Waals surface area contributed by atoms with Gasteiger partial charge in [-0.3, -0.25) is 0 Å². The molecule has 1 rings (SSSR count). The lowest BCUT2D eigenvalue weighted by Gasteiger charge is -2.05. The number of hydrogen-bond donors (Lipinski definition) is 3. The molecule has 0 bridgehead atoms. The van der Waals surface area contributed by atoms with Crippen molar-refractivity contribution in [3.05, 3.63) is 35.9 Å². The molecule has 0 saturated carbocycles. The van der Waals surface area contributed by atoms with Crippen LogP contribution in [0.5, 0.6) is 0 Å². The summed E-state index contributed by atoms with van der Waals surface area (Å²) >= 11 is 0. The molecule has 1 atom stereocenters. The molecule has 0 spiro atoms. The van der Waals surface area contributed by atoms with E-state index >= 15 is 0 Å². The number of aliphatic hydroxyl groups excluding tert-OH is 1. The third-order valence-electron chi connectivity index (χ3n) is 6.01. The highest BCUT2D eigenvalue weighted by Gasteiger charge is 2.11. The van der Waals surface area contributed by atoms with Crippen molar-refractivity contribution in [2.45, 2.75) is 149 Å². The lowest BCUT2D eigenvalue weighted by Crippen LogP contribution is -2.18.